The molecule has 18 heavy (non-hydrogen) atoms. The number of piperidine rings is 1. The molecule has 1 aliphatic heterocycles. The third-order valence-electron chi connectivity index (χ3n) is 3.76. The lowest BCUT2D eigenvalue weighted by atomic mass is 9.92. The predicted molar refractivity (Wildman–Crippen MR) is 68.0 cm³/mol. The predicted octanol–water partition coefficient (Wildman–Crippen LogP) is 2.52. The molecule has 4 heteroatoms. The van der Waals surface area contributed by atoms with Crippen molar-refractivity contribution in [1.82, 2.24) is 4.90 Å². The van der Waals surface area contributed by atoms with E-state index in [9.17, 15) is 8.78 Å². The van der Waals surface area contributed by atoms with Crippen LogP contribution in [0.5, 0.6) is 0 Å². The maximum atomic E-state index is 13.6. The van der Waals surface area contributed by atoms with Gasteiger partial charge in [0.15, 0.2) is 0 Å². The van der Waals surface area contributed by atoms with Crippen molar-refractivity contribution in [2.75, 3.05) is 13.1 Å². The molecule has 0 amide bonds. The summed E-state index contributed by atoms with van der Waals surface area (Å²) in [5, 5.41) is 0. The zero-order valence-corrected chi connectivity index (χ0v) is 10.7. The van der Waals surface area contributed by atoms with E-state index in [1.165, 1.54) is 12.1 Å². The first kappa shape index (κ1) is 13.4. The van der Waals surface area contributed by atoms with Crippen molar-refractivity contribution in [1.29, 1.82) is 0 Å². The minimum absolute atomic E-state index is 0.304. The molecule has 0 saturated carbocycles. The van der Waals surface area contributed by atoms with Crippen LogP contribution in [-0.4, -0.2) is 24.0 Å². The zero-order chi connectivity index (χ0) is 13.1. The quantitative estimate of drug-likeness (QED) is 0.898. The smallest absolute Gasteiger partial charge is 0.130 e. The number of nitrogens with zero attached hydrogens (tertiary/aromatic N) is 1. The van der Waals surface area contributed by atoms with Gasteiger partial charge in [0, 0.05) is 30.8 Å². The van der Waals surface area contributed by atoms with Crippen molar-refractivity contribution in [3.05, 3.63) is 35.4 Å². The summed E-state index contributed by atoms with van der Waals surface area (Å²) >= 11 is 0. The molecular formula is C14H20F2N2. The van der Waals surface area contributed by atoms with Gasteiger partial charge >= 0.3 is 0 Å². The summed E-state index contributed by atoms with van der Waals surface area (Å²) in [5.74, 6) is -0.323. The number of benzene rings is 1. The summed E-state index contributed by atoms with van der Waals surface area (Å²) < 4.78 is 26.5. The van der Waals surface area contributed by atoms with Crippen LogP contribution in [0.25, 0.3) is 0 Å². The molecule has 2 N–H and O–H groups in total. The maximum absolute atomic E-state index is 13.6. The first-order valence-electron chi connectivity index (χ1n) is 6.48. The average molecular weight is 254 g/mol. The average Bonchev–Trinajstić information content (AvgIpc) is 2.34. The molecule has 0 aliphatic carbocycles. The molecule has 100 valence electrons. The Morgan fingerprint density at radius 1 is 1.39 bits per heavy atom. The van der Waals surface area contributed by atoms with Gasteiger partial charge in [0.25, 0.3) is 0 Å². The van der Waals surface area contributed by atoms with E-state index in [1.54, 1.807) is 0 Å². The Kier molecular flexibility index (Phi) is 4.30. The van der Waals surface area contributed by atoms with Crippen LogP contribution in [0.1, 0.15) is 25.3 Å². The summed E-state index contributed by atoms with van der Waals surface area (Å²) in [4.78, 5) is 2.20. The van der Waals surface area contributed by atoms with Crippen LogP contribution in [0.15, 0.2) is 18.2 Å². The number of rotatable bonds is 3. The molecule has 1 saturated heterocycles. The van der Waals surface area contributed by atoms with Gasteiger partial charge in [-0.2, -0.15) is 0 Å². The second-order valence-electron chi connectivity index (χ2n) is 5.23. The first-order valence-corrected chi connectivity index (χ1v) is 6.48. The number of hydrogen-bond acceptors (Lipinski definition) is 2. The highest BCUT2D eigenvalue weighted by Crippen LogP contribution is 2.24. The van der Waals surface area contributed by atoms with Crippen LogP contribution in [0.4, 0.5) is 8.78 Å². The molecule has 2 unspecified atom stereocenters. The number of likely N-dealkylation sites (tertiary alicyclic amines) is 1. The van der Waals surface area contributed by atoms with E-state index in [-0.39, 0.29) is 0 Å². The van der Waals surface area contributed by atoms with Crippen molar-refractivity contribution in [3.63, 3.8) is 0 Å². The van der Waals surface area contributed by atoms with Crippen molar-refractivity contribution in [2.24, 2.45) is 11.7 Å². The molecule has 0 bridgehead atoms. The van der Waals surface area contributed by atoms with Gasteiger partial charge in [0.1, 0.15) is 11.6 Å². The van der Waals surface area contributed by atoms with Gasteiger partial charge in [-0.3, -0.25) is 4.90 Å². The Hall–Kier alpha value is -1.00. The molecule has 0 spiro atoms. The van der Waals surface area contributed by atoms with Gasteiger partial charge < -0.3 is 5.73 Å². The Balaban J connectivity index is 2.07. The van der Waals surface area contributed by atoms with Crippen LogP contribution in [-0.2, 0) is 6.54 Å². The van der Waals surface area contributed by atoms with E-state index in [2.05, 4.69) is 11.8 Å². The second kappa shape index (κ2) is 5.76. The molecule has 1 aliphatic rings. The van der Waals surface area contributed by atoms with E-state index in [0.29, 0.717) is 30.6 Å². The van der Waals surface area contributed by atoms with Crippen LogP contribution in [0.2, 0.25) is 0 Å². The fourth-order valence-electron chi connectivity index (χ4n) is 2.62. The topological polar surface area (TPSA) is 29.3 Å². The Bertz CT molecular complexity index is 409. The van der Waals surface area contributed by atoms with Gasteiger partial charge in [-0.1, -0.05) is 13.0 Å². The second-order valence-corrected chi connectivity index (χ2v) is 5.23. The molecule has 1 aromatic carbocycles. The van der Waals surface area contributed by atoms with Crippen molar-refractivity contribution in [2.45, 2.75) is 32.4 Å². The Morgan fingerprint density at radius 3 is 2.83 bits per heavy atom. The Morgan fingerprint density at radius 2 is 2.17 bits per heavy atom. The van der Waals surface area contributed by atoms with E-state index in [1.807, 2.05) is 0 Å². The summed E-state index contributed by atoms with van der Waals surface area (Å²) in [5.41, 5.74) is 6.32. The van der Waals surface area contributed by atoms with Gasteiger partial charge in [0.2, 0.25) is 0 Å². The number of nitrogens with two attached hydrogens (primary N) is 1. The minimum atomic E-state index is -0.529. The highest BCUT2D eigenvalue weighted by atomic mass is 19.1. The Labute approximate surface area is 107 Å². The highest BCUT2D eigenvalue weighted by Gasteiger charge is 2.25. The van der Waals surface area contributed by atoms with Crippen LogP contribution < -0.4 is 5.73 Å². The molecular weight excluding hydrogens is 234 g/mol. The molecule has 1 fully saturated rings. The molecule has 0 aromatic heterocycles. The summed E-state index contributed by atoms with van der Waals surface area (Å²) in [6.45, 7) is 4.26. The van der Waals surface area contributed by atoms with Crippen LogP contribution in [0, 0.1) is 17.6 Å². The van der Waals surface area contributed by atoms with Crippen molar-refractivity contribution >= 4 is 0 Å². The monoisotopic (exact) mass is 254 g/mol. The van der Waals surface area contributed by atoms with Gasteiger partial charge in [-0.25, -0.2) is 8.78 Å². The number of halogens is 2. The largest absolute Gasteiger partial charge is 0.329 e. The fraction of sp³-hybridized carbons (Fsp3) is 0.571. The fourth-order valence-corrected chi connectivity index (χ4v) is 2.62. The normalized spacial score (nSPS) is 25.3. The summed E-state index contributed by atoms with van der Waals surface area (Å²) in [7, 11) is 0. The lowest BCUT2D eigenvalue weighted by Crippen LogP contribution is -2.45. The standard InChI is InChI=1S/C14H20F2N2/c1-10-4-5-18(13(6-10)8-17)9-11-2-3-12(15)7-14(11)16/h2-3,7,10,13H,4-6,8-9,17H2,1H3. The lowest BCUT2D eigenvalue weighted by molar-refractivity contribution is 0.114. The molecule has 2 atom stereocenters. The zero-order valence-electron chi connectivity index (χ0n) is 10.7. The SMILES string of the molecule is CC1CCN(Cc2ccc(F)cc2F)C(CN)C1. The van der Waals surface area contributed by atoms with Gasteiger partial charge in [-0.05, 0) is 31.4 Å². The van der Waals surface area contributed by atoms with Gasteiger partial charge in [-0.15, -0.1) is 0 Å². The maximum Gasteiger partial charge on any atom is 0.130 e. The molecule has 2 rings (SSSR count). The third kappa shape index (κ3) is 3.06. The van der Waals surface area contributed by atoms with E-state index in [0.717, 1.165) is 25.5 Å². The van der Waals surface area contributed by atoms with Crippen molar-refractivity contribution in [3.8, 4) is 0 Å². The number of hydrogen-bond donors (Lipinski definition) is 1. The molecule has 1 aromatic rings. The van der Waals surface area contributed by atoms with E-state index < -0.39 is 11.6 Å². The lowest BCUT2D eigenvalue weighted by Gasteiger charge is -2.38. The molecule has 0 radical (unpaired) electrons. The van der Waals surface area contributed by atoms with Gasteiger partial charge in [0.05, 0.1) is 0 Å². The summed E-state index contributed by atoms with van der Waals surface area (Å²) in [6, 6.07) is 4.08. The van der Waals surface area contributed by atoms with E-state index >= 15 is 0 Å². The van der Waals surface area contributed by atoms with Crippen molar-refractivity contribution < 1.29 is 8.78 Å². The highest BCUT2D eigenvalue weighted by molar-refractivity contribution is 5.18. The molecule has 2 nitrogen and oxygen atoms in total. The van der Waals surface area contributed by atoms with E-state index in [4.69, 9.17) is 5.73 Å². The first-order chi connectivity index (χ1) is 8.60. The third-order valence-corrected chi connectivity index (χ3v) is 3.76. The molecule has 1 heterocycles. The minimum Gasteiger partial charge on any atom is -0.329 e. The summed E-state index contributed by atoms with van der Waals surface area (Å²) in [6.07, 6.45) is 2.17. The van der Waals surface area contributed by atoms with Crippen LogP contribution in [0.3, 0.4) is 0 Å². The van der Waals surface area contributed by atoms with Crippen LogP contribution >= 0.6 is 0 Å².